The molecule has 4 rings (SSSR count). The lowest BCUT2D eigenvalue weighted by Crippen LogP contribution is -2.31. The van der Waals surface area contributed by atoms with Crippen LogP contribution in [-0.2, 0) is 7.05 Å². The highest BCUT2D eigenvalue weighted by atomic mass is 32.1. The zero-order valence-corrected chi connectivity index (χ0v) is 15.5. The number of thiophene rings is 1. The first-order chi connectivity index (χ1) is 12.6. The van der Waals surface area contributed by atoms with Gasteiger partial charge in [0.1, 0.15) is 11.9 Å². The second kappa shape index (κ2) is 6.77. The highest BCUT2D eigenvalue weighted by Crippen LogP contribution is 2.31. The van der Waals surface area contributed by atoms with E-state index in [0.29, 0.717) is 0 Å². The number of fused-ring (bicyclic) bond motifs is 1. The van der Waals surface area contributed by atoms with E-state index in [1.165, 1.54) is 11.3 Å². The predicted molar refractivity (Wildman–Crippen MR) is 106 cm³/mol. The van der Waals surface area contributed by atoms with Crippen LogP contribution in [0.4, 0.5) is 0 Å². The van der Waals surface area contributed by atoms with Crippen molar-refractivity contribution in [3.05, 3.63) is 88.8 Å². The van der Waals surface area contributed by atoms with Gasteiger partial charge in [0.25, 0.3) is 5.91 Å². The van der Waals surface area contributed by atoms with E-state index in [4.69, 9.17) is 0 Å². The van der Waals surface area contributed by atoms with E-state index < -0.39 is 0 Å². The molecule has 0 radical (unpaired) electrons. The third-order valence-electron chi connectivity index (χ3n) is 4.57. The third kappa shape index (κ3) is 2.91. The van der Waals surface area contributed by atoms with Crippen molar-refractivity contribution in [1.29, 1.82) is 0 Å². The molecule has 0 aliphatic carbocycles. The fourth-order valence-corrected chi connectivity index (χ4v) is 4.30. The molecule has 0 saturated heterocycles. The molecule has 0 bridgehead atoms. The molecule has 130 valence electrons. The number of rotatable bonds is 4. The van der Waals surface area contributed by atoms with E-state index in [9.17, 15) is 4.79 Å². The molecule has 0 spiro atoms. The molecular formula is C21H19N3OS. The molecule has 26 heavy (non-hydrogen) atoms. The lowest BCUT2D eigenvalue weighted by Gasteiger charge is -2.19. The van der Waals surface area contributed by atoms with E-state index in [0.717, 1.165) is 31.9 Å². The molecule has 2 heterocycles. The van der Waals surface area contributed by atoms with Crippen LogP contribution in [-0.4, -0.2) is 15.5 Å². The molecule has 1 N–H and O–H groups in total. The summed E-state index contributed by atoms with van der Waals surface area (Å²) in [7, 11) is 1.94. The van der Waals surface area contributed by atoms with Crippen molar-refractivity contribution in [2.45, 2.75) is 13.0 Å². The molecule has 5 heteroatoms. The molecule has 0 aliphatic heterocycles. The van der Waals surface area contributed by atoms with Crippen molar-refractivity contribution < 1.29 is 4.79 Å². The minimum atomic E-state index is -0.298. The van der Waals surface area contributed by atoms with Crippen molar-refractivity contribution in [3.63, 3.8) is 0 Å². The van der Waals surface area contributed by atoms with E-state index in [-0.39, 0.29) is 11.9 Å². The topological polar surface area (TPSA) is 46.9 Å². The highest BCUT2D eigenvalue weighted by Gasteiger charge is 2.23. The Kier molecular flexibility index (Phi) is 4.31. The van der Waals surface area contributed by atoms with Gasteiger partial charge in [-0.3, -0.25) is 4.79 Å². The summed E-state index contributed by atoms with van der Waals surface area (Å²) in [6.45, 7) is 2.01. The Balaban J connectivity index is 1.72. The van der Waals surface area contributed by atoms with Crippen LogP contribution in [0.1, 0.15) is 32.7 Å². The van der Waals surface area contributed by atoms with Crippen molar-refractivity contribution in [2.24, 2.45) is 7.05 Å². The van der Waals surface area contributed by atoms with Gasteiger partial charge in [-0.15, -0.1) is 11.3 Å². The smallest absolute Gasteiger partial charge is 0.262 e. The van der Waals surface area contributed by atoms with Crippen LogP contribution in [0.3, 0.4) is 0 Å². The van der Waals surface area contributed by atoms with Crippen molar-refractivity contribution >= 4 is 27.3 Å². The minimum Gasteiger partial charge on any atom is -0.337 e. The second-order valence-electron chi connectivity index (χ2n) is 6.27. The maximum absolute atomic E-state index is 13.1. The number of hydrogen-bond acceptors (Lipinski definition) is 3. The van der Waals surface area contributed by atoms with Crippen LogP contribution in [0.25, 0.3) is 10.1 Å². The van der Waals surface area contributed by atoms with Crippen molar-refractivity contribution in [1.82, 2.24) is 14.9 Å². The summed E-state index contributed by atoms with van der Waals surface area (Å²) in [5.74, 6) is 0.740. The quantitative estimate of drug-likeness (QED) is 0.583. The number of aryl methyl sites for hydroxylation is 2. The molecule has 0 aliphatic rings. The van der Waals surface area contributed by atoms with Gasteiger partial charge in [-0.2, -0.15) is 0 Å². The van der Waals surface area contributed by atoms with Gasteiger partial charge < -0.3 is 9.88 Å². The van der Waals surface area contributed by atoms with Crippen molar-refractivity contribution in [3.8, 4) is 0 Å². The average Bonchev–Trinajstić information content (AvgIpc) is 3.24. The molecule has 4 aromatic rings. The molecule has 2 aromatic carbocycles. The van der Waals surface area contributed by atoms with E-state index in [1.807, 2.05) is 67.2 Å². The summed E-state index contributed by atoms with van der Waals surface area (Å²) >= 11 is 1.53. The Morgan fingerprint density at radius 3 is 2.54 bits per heavy atom. The first kappa shape index (κ1) is 16.5. The summed E-state index contributed by atoms with van der Waals surface area (Å²) in [4.78, 5) is 18.3. The number of nitrogens with one attached hydrogen (secondary N) is 1. The van der Waals surface area contributed by atoms with Gasteiger partial charge in [0.15, 0.2) is 0 Å². The number of nitrogens with zero attached hydrogens (tertiary/aromatic N) is 2. The average molecular weight is 361 g/mol. The van der Waals surface area contributed by atoms with Crippen LogP contribution < -0.4 is 5.32 Å². The summed E-state index contributed by atoms with van der Waals surface area (Å²) in [5, 5.41) is 4.32. The molecule has 0 saturated carbocycles. The summed E-state index contributed by atoms with van der Waals surface area (Å²) < 4.78 is 3.07. The predicted octanol–water partition coefficient (Wildman–Crippen LogP) is 4.46. The van der Waals surface area contributed by atoms with E-state index in [2.05, 4.69) is 22.4 Å². The van der Waals surface area contributed by atoms with Crippen LogP contribution in [0.5, 0.6) is 0 Å². The maximum Gasteiger partial charge on any atom is 0.262 e. The van der Waals surface area contributed by atoms with Gasteiger partial charge in [-0.05, 0) is 29.5 Å². The first-order valence-electron chi connectivity index (χ1n) is 8.46. The normalized spacial score (nSPS) is 12.2. The lowest BCUT2D eigenvalue weighted by molar-refractivity contribution is 0.0945. The molecule has 2 aromatic heterocycles. The van der Waals surface area contributed by atoms with Gasteiger partial charge >= 0.3 is 0 Å². The number of amides is 1. The number of hydrogen-bond donors (Lipinski definition) is 1. The van der Waals surface area contributed by atoms with Gasteiger partial charge in [0.05, 0.1) is 4.88 Å². The number of carbonyl (C=O) groups is 1. The third-order valence-corrected chi connectivity index (χ3v) is 5.85. The summed E-state index contributed by atoms with van der Waals surface area (Å²) in [6, 6.07) is 17.8. The summed E-state index contributed by atoms with van der Waals surface area (Å²) in [5.41, 5.74) is 2.03. The zero-order chi connectivity index (χ0) is 18.1. The molecule has 0 fully saturated rings. The van der Waals surface area contributed by atoms with Gasteiger partial charge in [-0.1, -0.05) is 48.5 Å². The van der Waals surface area contributed by atoms with Crippen LogP contribution in [0.15, 0.2) is 67.0 Å². The Labute approximate surface area is 156 Å². The van der Waals surface area contributed by atoms with Gasteiger partial charge in [-0.25, -0.2) is 4.98 Å². The maximum atomic E-state index is 13.1. The minimum absolute atomic E-state index is 0.0689. The Hall–Kier alpha value is -2.92. The van der Waals surface area contributed by atoms with Crippen LogP contribution in [0.2, 0.25) is 0 Å². The summed E-state index contributed by atoms with van der Waals surface area (Å²) in [6.07, 6.45) is 3.64. The first-order valence-corrected chi connectivity index (χ1v) is 9.28. The molecule has 1 amide bonds. The molecular weight excluding hydrogens is 342 g/mol. The molecule has 4 nitrogen and oxygen atoms in total. The van der Waals surface area contributed by atoms with Gasteiger partial charge in [0.2, 0.25) is 0 Å². The Morgan fingerprint density at radius 1 is 1.12 bits per heavy atom. The standard InChI is InChI=1S/C21H19N3OS/c1-14-16-10-6-7-11-17(16)26-19(14)21(25)23-18(15-8-4-3-5-9-15)20-22-12-13-24(20)2/h3-13,18H,1-2H3,(H,23,25). The second-order valence-corrected chi connectivity index (χ2v) is 7.32. The number of carbonyl (C=O) groups excluding carboxylic acids is 1. The Bertz CT molecular complexity index is 1070. The monoisotopic (exact) mass is 361 g/mol. The largest absolute Gasteiger partial charge is 0.337 e. The fraction of sp³-hybridized carbons (Fsp3) is 0.143. The fourth-order valence-electron chi connectivity index (χ4n) is 3.19. The molecule has 1 atom stereocenters. The van der Waals surface area contributed by atoms with Gasteiger partial charge in [0, 0.05) is 24.1 Å². The number of benzene rings is 2. The molecule has 1 unspecified atom stereocenters. The lowest BCUT2D eigenvalue weighted by atomic mass is 10.1. The van der Waals surface area contributed by atoms with E-state index in [1.54, 1.807) is 6.20 Å². The van der Waals surface area contributed by atoms with Crippen LogP contribution in [0, 0.1) is 6.92 Å². The number of imidazole rings is 1. The van der Waals surface area contributed by atoms with Crippen LogP contribution >= 0.6 is 11.3 Å². The SMILES string of the molecule is Cc1c(C(=O)NC(c2ccccc2)c2nccn2C)sc2ccccc12. The van der Waals surface area contributed by atoms with E-state index >= 15 is 0 Å². The zero-order valence-electron chi connectivity index (χ0n) is 14.6. The number of aromatic nitrogens is 2. The van der Waals surface area contributed by atoms with Crippen molar-refractivity contribution in [2.75, 3.05) is 0 Å². The highest BCUT2D eigenvalue weighted by molar-refractivity contribution is 7.21. The Morgan fingerprint density at radius 2 is 1.85 bits per heavy atom.